The van der Waals surface area contributed by atoms with Crippen LogP contribution in [0.1, 0.15) is 40.0 Å². The van der Waals surface area contributed by atoms with E-state index in [2.05, 4.69) is 106 Å². The number of hydrogen-bond donors (Lipinski definition) is 2. The van der Waals surface area contributed by atoms with Gasteiger partial charge in [-0.25, -0.2) is 0 Å². The lowest BCUT2D eigenvalue weighted by Gasteiger charge is -2.36. The van der Waals surface area contributed by atoms with Gasteiger partial charge < -0.3 is 14.3 Å². The SMILES string of the molecule is CC1CCC(C(C)C)C(OP(O)O)C1.c1ccc2c(-c3cccc4ccccc34)cccc2c1. The Labute approximate surface area is 204 Å². The van der Waals surface area contributed by atoms with Gasteiger partial charge in [0.05, 0.1) is 6.10 Å². The predicted molar refractivity (Wildman–Crippen MR) is 144 cm³/mol. The van der Waals surface area contributed by atoms with Gasteiger partial charge in [-0.05, 0) is 63.3 Å². The van der Waals surface area contributed by atoms with Crippen LogP contribution in [0.25, 0.3) is 32.7 Å². The summed E-state index contributed by atoms with van der Waals surface area (Å²) in [6, 6.07) is 30.2. The van der Waals surface area contributed by atoms with E-state index in [1.807, 2.05) is 0 Å². The molecule has 0 spiro atoms. The van der Waals surface area contributed by atoms with Crippen molar-refractivity contribution < 1.29 is 14.3 Å². The third kappa shape index (κ3) is 5.85. The Morgan fingerprint density at radius 3 is 1.74 bits per heavy atom. The average molecular weight is 475 g/mol. The van der Waals surface area contributed by atoms with Gasteiger partial charge in [0, 0.05) is 0 Å². The van der Waals surface area contributed by atoms with Crippen LogP contribution in [-0.4, -0.2) is 15.9 Å². The fourth-order valence-corrected chi connectivity index (χ4v) is 5.76. The molecule has 4 heteroatoms. The average Bonchev–Trinajstić information content (AvgIpc) is 2.83. The zero-order valence-electron chi connectivity index (χ0n) is 20.3. The van der Waals surface area contributed by atoms with Crippen molar-refractivity contribution in [2.75, 3.05) is 0 Å². The van der Waals surface area contributed by atoms with Gasteiger partial charge in [-0.3, -0.25) is 0 Å². The van der Waals surface area contributed by atoms with Crippen molar-refractivity contribution in [1.29, 1.82) is 0 Å². The Kier molecular flexibility index (Phi) is 8.34. The topological polar surface area (TPSA) is 49.7 Å². The van der Waals surface area contributed by atoms with Crippen LogP contribution in [0, 0.1) is 17.8 Å². The summed E-state index contributed by atoms with van der Waals surface area (Å²) >= 11 is 0. The van der Waals surface area contributed by atoms with Crippen LogP contribution in [0.4, 0.5) is 0 Å². The molecule has 178 valence electrons. The zero-order chi connectivity index (χ0) is 24.1. The van der Waals surface area contributed by atoms with E-state index in [0.29, 0.717) is 17.8 Å². The fraction of sp³-hybridized carbons (Fsp3) is 0.333. The van der Waals surface area contributed by atoms with Gasteiger partial charge in [0.2, 0.25) is 0 Å². The first-order valence-electron chi connectivity index (χ1n) is 12.2. The smallest absolute Gasteiger partial charge is 0.327 e. The molecular weight excluding hydrogens is 439 g/mol. The minimum absolute atomic E-state index is 0.0415. The number of rotatable bonds is 4. The first kappa shape index (κ1) is 24.8. The molecule has 0 heterocycles. The second-order valence-corrected chi connectivity index (χ2v) is 10.5. The second kappa shape index (κ2) is 11.4. The highest BCUT2D eigenvalue weighted by Gasteiger charge is 2.32. The fourth-order valence-electron chi connectivity index (χ4n) is 5.28. The van der Waals surface area contributed by atoms with Crippen LogP contribution >= 0.6 is 8.60 Å². The number of hydrogen-bond acceptors (Lipinski definition) is 3. The van der Waals surface area contributed by atoms with E-state index in [0.717, 1.165) is 12.8 Å². The molecule has 1 aliphatic rings. The Morgan fingerprint density at radius 1 is 0.735 bits per heavy atom. The zero-order valence-corrected chi connectivity index (χ0v) is 21.2. The van der Waals surface area contributed by atoms with Crippen LogP contribution in [0.3, 0.4) is 0 Å². The summed E-state index contributed by atoms with van der Waals surface area (Å²) in [6.07, 6.45) is 3.38. The largest absolute Gasteiger partial charge is 0.328 e. The van der Waals surface area contributed by atoms with E-state index in [9.17, 15) is 0 Å². The van der Waals surface area contributed by atoms with Gasteiger partial charge in [0.15, 0.2) is 0 Å². The monoisotopic (exact) mass is 474 g/mol. The molecule has 0 saturated heterocycles. The minimum Gasteiger partial charge on any atom is -0.328 e. The quantitative estimate of drug-likeness (QED) is 0.292. The van der Waals surface area contributed by atoms with Crippen molar-refractivity contribution in [1.82, 2.24) is 0 Å². The molecule has 3 unspecified atom stereocenters. The van der Waals surface area contributed by atoms with E-state index < -0.39 is 8.60 Å². The molecule has 4 aromatic carbocycles. The normalized spacial score (nSPS) is 20.5. The van der Waals surface area contributed by atoms with Gasteiger partial charge >= 0.3 is 8.60 Å². The molecule has 1 fully saturated rings. The van der Waals surface area contributed by atoms with Gasteiger partial charge in [0.25, 0.3) is 0 Å². The molecular formula is C30H35O3P. The van der Waals surface area contributed by atoms with Gasteiger partial charge in [-0.2, -0.15) is 0 Å². The van der Waals surface area contributed by atoms with Gasteiger partial charge in [0.1, 0.15) is 0 Å². The van der Waals surface area contributed by atoms with E-state index in [1.54, 1.807) is 0 Å². The Balaban J connectivity index is 0.000000173. The first-order valence-corrected chi connectivity index (χ1v) is 13.4. The maximum Gasteiger partial charge on any atom is 0.327 e. The number of fused-ring (bicyclic) bond motifs is 2. The highest BCUT2D eigenvalue weighted by Crippen LogP contribution is 2.41. The van der Waals surface area contributed by atoms with Crippen molar-refractivity contribution in [3.8, 4) is 11.1 Å². The van der Waals surface area contributed by atoms with Crippen LogP contribution in [0.5, 0.6) is 0 Å². The lowest BCUT2D eigenvalue weighted by molar-refractivity contribution is 0.0369. The molecule has 0 amide bonds. The molecule has 0 bridgehead atoms. The Bertz CT molecular complexity index is 1130. The number of benzene rings is 4. The summed E-state index contributed by atoms with van der Waals surface area (Å²) in [6.45, 7) is 6.55. The summed E-state index contributed by atoms with van der Waals surface area (Å²) in [5, 5.41) is 5.20. The lowest BCUT2D eigenvalue weighted by Crippen LogP contribution is -2.33. The minimum atomic E-state index is -2.19. The molecule has 5 rings (SSSR count). The predicted octanol–water partition coefficient (Wildman–Crippen LogP) is 8.34. The molecule has 1 saturated carbocycles. The highest BCUT2D eigenvalue weighted by molar-refractivity contribution is 7.39. The van der Waals surface area contributed by atoms with E-state index in [4.69, 9.17) is 14.3 Å². The summed E-state index contributed by atoms with van der Waals surface area (Å²) in [5.41, 5.74) is 2.61. The van der Waals surface area contributed by atoms with E-state index in [-0.39, 0.29) is 6.10 Å². The van der Waals surface area contributed by atoms with Crippen molar-refractivity contribution in [3.05, 3.63) is 84.9 Å². The maximum atomic E-state index is 8.89. The Hall–Kier alpha value is -2.29. The first-order chi connectivity index (χ1) is 16.4. The van der Waals surface area contributed by atoms with Gasteiger partial charge in [-0.1, -0.05) is 112 Å². The van der Waals surface area contributed by atoms with Crippen molar-refractivity contribution >= 4 is 30.1 Å². The van der Waals surface area contributed by atoms with Crippen LogP contribution in [-0.2, 0) is 4.52 Å². The summed E-state index contributed by atoms with van der Waals surface area (Å²) in [7, 11) is -2.19. The van der Waals surface area contributed by atoms with E-state index >= 15 is 0 Å². The third-order valence-corrected chi connectivity index (χ3v) is 7.52. The molecule has 3 atom stereocenters. The molecule has 4 aromatic rings. The van der Waals surface area contributed by atoms with Crippen LogP contribution in [0.2, 0.25) is 0 Å². The van der Waals surface area contributed by atoms with Gasteiger partial charge in [-0.15, -0.1) is 0 Å². The van der Waals surface area contributed by atoms with Crippen LogP contribution < -0.4 is 0 Å². The molecule has 1 aliphatic carbocycles. The summed E-state index contributed by atoms with van der Waals surface area (Å²) in [5.74, 6) is 1.68. The van der Waals surface area contributed by atoms with Crippen molar-refractivity contribution in [2.45, 2.75) is 46.1 Å². The molecule has 0 aliphatic heterocycles. The van der Waals surface area contributed by atoms with Crippen LogP contribution in [0.15, 0.2) is 84.9 Å². The van der Waals surface area contributed by atoms with E-state index in [1.165, 1.54) is 39.1 Å². The maximum absolute atomic E-state index is 8.89. The summed E-state index contributed by atoms with van der Waals surface area (Å²) in [4.78, 5) is 17.8. The molecule has 0 aromatic heterocycles. The second-order valence-electron chi connectivity index (χ2n) is 9.78. The standard InChI is InChI=1S/C20H14.C10H21O3P/c1-3-11-17-15(7-1)9-5-13-19(17)20-14-6-10-16-8-2-4-12-18(16)20;1-7(2)9-5-4-8(3)6-10(9)13-14(11)12/h1-14H;7-12H,4-6H2,1-3H3. The molecule has 0 radical (unpaired) electrons. The van der Waals surface area contributed by atoms with Crippen molar-refractivity contribution in [3.63, 3.8) is 0 Å². The lowest BCUT2D eigenvalue weighted by atomic mass is 9.75. The summed E-state index contributed by atoms with van der Waals surface area (Å²) < 4.78 is 5.21. The third-order valence-electron chi connectivity index (χ3n) is 7.06. The molecule has 3 nitrogen and oxygen atoms in total. The Morgan fingerprint density at radius 2 is 1.24 bits per heavy atom. The van der Waals surface area contributed by atoms with Crippen molar-refractivity contribution in [2.24, 2.45) is 17.8 Å². The molecule has 2 N–H and O–H groups in total. The molecule has 34 heavy (non-hydrogen) atoms. The highest BCUT2D eigenvalue weighted by atomic mass is 31.2.